The van der Waals surface area contributed by atoms with Crippen LogP contribution in [0.2, 0.25) is 0 Å². The molecule has 4 rings (SSSR count). The third-order valence-corrected chi connectivity index (χ3v) is 6.49. The van der Waals surface area contributed by atoms with Gasteiger partial charge in [-0.05, 0) is 29.7 Å². The minimum absolute atomic E-state index is 0.0136. The molecular formula is C25H30F3N3O2. The molecule has 0 aliphatic carbocycles. The molecule has 1 aromatic heterocycles. The van der Waals surface area contributed by atoms with Gasteiger partial charge in [0.05, 0.1) is 18.8 Å². The van der Waals surface area contributed by atoms with Crippen LogP contribution in [0.4, 0.5) is 24.7 Å². The maximum Gasteiger partial charge on any atom is 0.266 e. The lowest BCUT2D eigenvalue weighted by Gasteiger charge is -2.23. The van der Waals surface area contributed by atoms with Crippen LogP contribution in [0.5, 0.6) is 5.75 Å². The van der Waals surface area contributed by atoms with E-state index in [1.54, 1.807) is 6.07 Å². The number of rotatable bonds is 8. The van der Waals surface area contributed by atoms with Crippen molar-refractivity contribution in [2.75, 3.05) is 36.0 Å². The van der Waals surface area contributed by atoms with Gasteiger partial charge in [-0.15, -0.1) is 0 Å². The lowest BCUT2D eigenvalue weighted by atomic mass is 9.95. The van der Waals surface area contributed by atoms with Crippen LogP contribution in [0, 0.1) is 5.82 Å². The molecule has 0 saturated carbocycles. The molecule has 178 valence electrons. The first-order valence-corrected chi connectivity index (χ1v) is 11.6. The van der Waals surface area contributed by atoms with Gasteiger partial charge in [0.1, 0.15) is 17.6 Å². The van der Waals surface area contributed by atoms with E-state index in [1.165, 1.54) is 11.1 Å². The van der Waals surface area contributed by atoms with E-state index in [-0.39, 0.29) is 36.6 Å². The first-order valence-electron chi connectivity index (χ1n) is 11.6. The molecule has 2 saturated heterocycles. The number of nitrogens with zero attached hydrogens (tertiary/aromatic N) is 3. The predicted molar refractivity (Wildman–Crippen MR) is 122 cm³/mol. The smallest absolute Gasteiger partial charge is 0.266 e. The van der Waals surface area contributed by atoms with Crippen LogP contribution in [0.3, 0.4) is 0 Å². The highest BCUT2D eigenvalue weighted by atomic mass is 19.3. The standard InChI is InChI=1S/C25H30F3N3O2/c1-3-19(32)14-17(2)18-4-6-20(7-5-18)33-21-9-12-30(15-21)22-8-11-29-24(23(22)26)31-13-10-25(27,28)16-31/h4-8,11,17,21H,3,9-10,12-16H2,1-2H3/t17-,21?/m1/s1. The van der Waals surface area contributed by atoms with Crippen molar-refractivity contribution >= 4 is 17.3 Å². The van der Waals surface area contributed by atoms with Crippen molar-refractivity contribution in [1.82, 2.24) is 4.98 Å². The van der Waals surface area contributed by atoms with Crippen LogP contribution in [-0.4, -0.2) is 49.0 Å². The zero-order valence-electron chi connectivity index (χ0n) is 19.1. The Morgan fingerprint density at radius 2 is 1.97 bits per heavy atom. The summed E-state index contributed by atoms with van der Waals surface area (Å²) in [6, 6.07) is 9.36. The van der Waals surface area contributed by atoms with Gasteiger partial charge in [-0.1, -0.05) is 26.0 Å². The second-order valence-electron chi connectivity index (χ2n) is 9.04. The molecule has 33 heavy (non-hydrogen) atoms. The predicted octanol–water partition coefficient (Wildman–Crippen LogP) is 5.20. The van der Waals surface area contributed by atoms with E-state index in [1.807, 2.05) is 43.0 Å². The summed E-state index contributed by atoms with van der Waals surface area (Å²) in [6.07, 6.45) is 2.88. The molecule has 0 spiro atoms. The van der Waals surface area contributed by atoms with Crippen LogP contribution >= 0.6 is 0 Å². The highest BCUT2D eigenvalue weighted by Gasteiger charge is 2.40. The van der Waals surface area contributed by atoms with E-state index in [9.17, 15) is 13.6 Å². The fourth-order valence-corrected chi connectivity index (χ4v) is 4.52. The summed E-state index contributed by atoms with van der Waals surface area (Å²) in [6.45, 7) is 4.61. The van der Waals surface area contributed by atoms with Gasteiger partial charge < -0.3 is 14.5 Å². The Hall–Kier alpha value is -2.77. The molecule has 0 radical (unpaired) electrons. The molecule has 2 aromatic rings. The quantitative estimate of drug-likeness (QED) is 0.541. The maximum absolute atomic E-state index is 15.2. The molecule has 2 aliphatic rings. The van der Waals surface area contributed by atoms with Crippen molar-refractivity contribution in [2.45, 2.75) is 57.5 Å². The van der Waals surface area contributed by atoms with Gasteiger partial charge in [0.25, 0.3) is 5.92 Å². The Morgan fingerprint density at radius 1 is 1.21 bits per heavy atom. The maximum atomic E-state index is 15.2. The number of carbonyl (C=O) groups is 1. The van der Waals surface area contributed by atoms with Crippen LogP contribution in [0.15, 0.2) is 36.5 Å². The number of pyridine rings is 1. The van der Waals surface area contributed by atoms with Gasteiger partial charge in [0, 0.05) is 45.0 Å². The summed E-state index contributed by atoms with van der Waals surface area (Å²) >= 11 is 0. The lowest BCUT2D eigenvalue weighted by Crippen LogP contribution is -2.28. The molecule has 3 heterocycles. The van der Waals surface area contributed by atoms with Gasteiger partial charge in [-0.25, -0.2) is 18.2 Å². The highest BCUT2D eigenvalue weighted by Crippen LogP contribution is 2.35. The Labute approximate surface area is 192 Å². The largest absolute Gasteiger partial charge is 0.489 e. The zero-order valence-corrected chi connectivity index (χ0v) is 19.1. The van der Waals surface area contributed by atoms with Crippen molar-refractivity contribution in [3.63, 3.8) is 0 Å². The molecule has 5 nitrogen and oxygen atoms in total. The number of benzene rings is 1. The molecule has 2 atom stereocenters. The molecule has 0 bridgehead atoms. The minimum Gasteiger partial charge on any atom is -0.489 e. The first-order chi connectivity index (χ1) is 15.8. The summed E-state index contributed by atoms with van der Waals surface area (Å²) in [5.41, 5.74) is 1.46. The lowest BCUT2D eigenvalue weighted by molar-refractivity contribution is -0.119. The Bertz CT molecular complexity index is 983. The second kappa shape index (κ2) is 9.61. The fraction of sp³-hybridized carbons (Fsp3) is 0.520. The Morgan fingerprint density at radius 3 is 2.64 bits per heavy atom. The molecule has 1 aromatic carbocycles. The second-order valence-corrected chi connectivity index (χ2v) is 9.04. The zero-order chi connectivity index (χ0) is 23.6. The van der Waals surface area contributed by atoms with Crippen molar-refractivity contribution in [1.29, 1.82) is 0 Å². The first kappa shape index (κ1) is 23.4. The number of ether oxygens (including phenoxy) is 1. The third kappa shape index (κ3) is 5.42. The topological polar surface area (TPSA) is 45.7 Å². The molecular weight excluding hydrogens is 431 g/mol. The van der Waals surface area contributed by atoms with E-state index in [4.69, 9.17) is 4.74 Å². The van der Waals surface area contributed by atoms with E-state index in [0.717, 1.165) is 17.7 Å². The molecule has 2 aliphatic heterocycles. The Balaban J connectivity index is 1.37. The highest BCUT2D eigenvalue weighted by molar-refractivity contribution is 5.78. The van der Waals surface area contributed by atoms with Gasteiger partial charge in [-0.2, -0.15) is 0 Å². The summed E-state index contributed by atoms with van der Waals surface area (Å²) in [5, 5.41) is 0. The number of hydrogen-bond donors (Lipinski definition) is 0. The van der Waals surface area contributed by atoms with Crippen LogP contribution in [-0.2, 0) is 4.79 Å². The van der Waals surface area contributed by atoms with Crippen molar-refractivity contribution in [2.24, 2.45) is 0 Å². The van der Waals surface area contributed by atoms with E-state index < -0.39 is 18.3 Å². The third-order valence-electron chi connectivity index (χ3n) is 6.49. The number of carbonyl (C=O) groups excluding carboxylic acids is 1. The number of halogens is 3. The summed E-state index contributed by atoms with van der Waals surface area (Å²) in [7, 11) is 0. The molecule has 2 fully saturated rings. The van der Waals surface area contributed by atoms with Gasteiger partial charge >= 0.3 is 0 Å². The number of Topliss-reactive ketones (excluding diaryl/α,β-unsaturated/α-hetero) is 1. The average molecular weight is 462 g/mol. The molecule has 8 heteroatoms. The fourth-order valence-electron chi connectivity index (χ4n) is 4.52. The van der Waals surface area contributed by atoms with Crippen LogP contribution in [0.25, 0.3) is 0 Å². The van der Waals surface area contributed by atoms with E-state index >= 15 is 4.39 Å². The normalized spacial score (nSPS) is 20.8. The SMILES string of the molecule is CCC(=O)C[C@@H](C)c1ccc(OC2CCN(c3ccnc(N4CCC(F)(F)C4)c3F)C2)cc1. The number of hydrogen-bond acceptors (Lipinski definition) is 5. The van der Waals surface area contributed by atoms with Gasteiger partial charge in [0.15, 0.2) is 11.6 Å². The van der Waals surface area contributed by atoms with Gasteiger partial charge in [0.2, 0.25) is 0 Å². The van der Waals surface area contributed by atoms with Crippen LogP contribution < -0.4 is 14.5 Å². The van der Waals surface area contributed by atoms with Crippen molar-refractivity contribution < 1.29 is 22.7 Å². The van der Waals surface area contributed by atoms with E-state index in [2.05, 4.69) is 4.98 Å². The number of anilines is 2. The minimum atomic E-state index is -2.81. The van der Waals surface area contributed by atoms with Crippen LogP contribution in [0.1, 0.15) is 51.0 Å². The molecule has 0 amide bonds. The average Bonchev–Trinajstić information content (AvgIpc) is 3.40. The van der Waals surface area contributed by atoms with Crippen molar-refractivity contribution in [3.8, 4) is 5.75 Å². The summed E-state index contributed by atoms with van der Waals surface area (Å²) in [4.78, 5) is 18.9. The van der Waals surface area contributed by atoms with Crippen molar-refractivity contribution in [3.05, 3.63) is 47.9 Å². The van der Waals surface area contributed by atoms with E-state index in [0.29, 0.717) is 31.6 Å². The summed E-state index contributed by atoms with van der Waals surface area (Å²) in [5.74, 6) is -2.24. The number of ketones is 1. The molecule has 0 N–H and O–H groups in total. The monoisotopic (exact) mass is 461 g/mol. The Kier molecular flexibility index (Phi) is 6.81. The number of alkyl halides is 2. The van der Waals surface area contributed by atoms with Gasteiger partial charge in [-0.3, -0.25) is 4.79 Å². The summed E-state index contributed by atoms with van der Waals surface area (Å²) < 4.78 is 48.4. The number of aromatic nitrogens is 1. The molecule has 1 unspecified atom stereocenters.